The number of hydrogen-bond acceptors (Lipinski definition) is 6. The van der Waals surface area contributed by atoms with Gasteiger partial charge in [0.05, 0.1) is 11.3 Å². The molecule has 4 aliphatic rings. The minimum Gasteiger partial charge on any atom is -0.457 e. The van der Waals surface area contributed by atoms with Gasteiger partial charge < -0.3 is 19.3 Å². The van der Waals surface area contributed by atoms with Gasteiger partial charge >= 0.3 is 11.9 Å². The van der Waals surface area contributed by atoms with Gasteiger partial charge in [0.1, 0.15) is 28.6 Å². The van der Waals surface area contributed by atoms with Crippen LogP contribution in [-0.4, -0.2) is 17.0 Å². The molecule has 0 heterocycles. The Morgan fingerprint density at radius 1 is 0.561 bits per heavy atom. The highest BCUT2D eigenvalue weighted by Crippen LogP contribution is 2.59. The van der Waals surface area contributed by atoms with Gasteiger partial charge in [-0.3, -0.25) is 4.79 Å². The van der Waals surface area contributed by atoms with Crippen LogP contribution in [-0.2, 0) is 20.6 Å². The van der Waals surface area contributed by atoms with Gasteiger partial charge in [-0.2, -0.15) is 0 Å². The first-order chi connectivity index (χ1) is 27.9. The molecule has 4 aliphatic carbocycles. The number of fused-ring (bicyclic) bond motifs is 4. The molecule has 1 N–H and O–H groups in total. The molecule has 6 heteroatoms. The maximum Gasteiger partial charge on any atom is 0.335 e. The maximum absolute atomic E-state index is 14.3. The Kier molecular flexibility index (Phi) is 8.06. The zero-order valence-corrected chi connectivity index (χ0v) is 30.8. The molecule has 0 saturated carbocycles. The number of benzene rings is 7. The molecule has 0 saturated heterocycles. The maximum atomic E-state index is 14.3. The van der Waals surface area contributed by atoms with Crippen LogP contribution < -0.4 is 14.2 Å². The standard InChI is InChI=1S/C51H36O6/c1-2-48(52)56-35-24-20-32(21-25-35)50(43-17-9-6-14-38(43)39-15-7-10-18-44(39)50)33-22-26-36(27-23-33)57-49(53)47-31-41-40-16-8-11-19-45(40)51(47,54)46-29-28-37(30-42(41)46)55-34-12-4-3-5-13-34/h2-30,41,47,54H,1,31H2. The molecule has 11 rings (SSSR count). The summed E-state index contributed by atoms with van der Waals surface area (Å²) in [7, 11) is 0. The molecule has 0 fully saturated rings. The number of carbonyl (C=O) groups is 2. The summed E-state index contributed by atoms with van der Waals surface area (Å²) in [6, 6.07) is 55.2. The van der Waals surface area contributed by atoms with Crippen molar-refractivity contribution in [3.05, 3.63) is 227 Å². The van der Waals surface area contributed by atoms with E-state index in [-0.39, 0.29) is 5.92 Å². The number of esters is 2. The van der Waals surface area contributed by atoms with Gasteiger partial charge in [-0.15, -0.1) is 0 Å². The number of rotatable bonds is 8. The van der Waals surface area contributed by atoms with E-state index < -0.39 is 28.9 Å². The summed E-state index contributed by atoms with van der Waals surface area (Å²) in [5.74, 6) is 0.226. The molecular formula is C51H36O6. The highest BCUT2D eigenvalue weighted by atomic mass is 16.5. The summed E-state index contributed by atoms with van der Waals surface area (Å²) in [4.78, 5) is 26.3. The molecule has 3 atom stereocenters. The SMILES string of the molecule is C=CC(=O)Oc1ccc(C2(c3ccc(OC(=O)C4CC5c6ccccc6C4(O)c4ccc(Oc6ccccc6)cc45)cc3)c3ccccc3-c3ccccc32)cc1. The van der Waals surface area contributed by atoms with E-state index in [2.05, 4.69) is 30.8 Å². The second-order valence-electron chi connectivity index (χ2n) is 14.8. The minimum absolute atomic E-state index is 0.126. The van der Waals surface area contributed by atoms with Crippen LogP contribution in [0, 0.1) is 5.92 Å². The first-order valence-electron chi connectivity index (χ1n) is 19.0. The van der Waals surface area contributed by atoms with E-state index in [0.717, 1.165) is 61.9 Å². The average Bonchev–Trinajstić information content (AvgIpc) is 3.55. The van der Waals surface area contributed by atoms with Gasteiger partial charge in [-0.1, -0.05) is 128 Å². The van der Waals surface area contributed by atoms with Gasteiger partial charge in [0.25, 0.3) is 0 Å². The second kappa shape index (κ2) is 13.3. The van der Waals surface area contributed by atoms with Crippen LogP contribution in [0.25, 0.3) is 11.1 Å². The van der Waals surface area contributed by atoms with Crippen molar-refractivity contribution in [3.63, 3.8) is 0 Å². The molecule has 3 unspecified atom stereocenters. The highest BCUT2D eigenvalue weighted by molar-refractivity contribution is 5.87. The molecule has 2 bridgehead atoms. The molecule has 0 amide bonds. The fraction of sp³-hybridized carbons (Fsp3) is 0.0980. The lowest BCUT2D eigenvalue weighted by Crippen LogP contribution is -2.51. The Morgan fingerprint density at radius 2 is 1.09 bits per heavy atom. The zero-order valence-electron chi connectivity index (χ0n) is 30.8. The number of ether oxygens (including phenoxy) is 3. The summed E-state index contributed by atoms with van der Waals surface area (Å²) < 4.78 is 17.8. The van der Waals surface area contributed by atoms with E-state index in [1.165, 1.54) is 0 Å². The molecule has 276 valence electrons. The Labute approximate surface area is 330 Å². The van der Waals surface area contributed by atoms with Gasteiger partial charge in [-0.25, -0.2) is 4.79 Å². The Hall–Kier alpha value is -7.02. The zero-order chi connectivity index (χ0) is 38.7. The smallest absolute Gasteiger partial charge is 0.335 e. The fourth-order valence-corrected chi connectivity index (χ4v) is 9.54. The van der Waals surface area contributed by atoms with Crippen molar-refractivity contribution in [1.82, 2.24) is 0 Å². The molecule has 7 aromatic carbocycles. The third kappa shape index (κ3) is 5.29. The summed E-state index contributed by atoms with van der Waals surface area (Å²) in [5, 5.41) is 12.8. The van der Waals surface area contributed by atoms with Gasteiger partial charge in [0.2, 0.25) is 0 Å². The van der Waals surface area contributed by atoms with Gasteiger partial charge in [0, 0.05) is 12.0 Å². The number of para-hydroxylation sites is 1. The van der Waals surface area contributed by atoms with E-state index in [4.69, 9.17) is 14.2 Å². The lowest BCUT2D eigenvalue weighted by Gasteiger charge is -2.50. The monoisotopic (exact) mass is 744 g/mol. The molecule has 7 aromatic rings. The van der Waals surface area contributed by atoms with E-state index >= 15 is 0 Å². The van der Waals surface area contributed by atoms with Gasteiger partial charge in [-0.05, 0) is 111 Å². The molecular weight excluding hydrogens is 709 g/mol. The van der Waals surface area contributed by atoms with Crippen molar-refractivity contribution < 1.29 is 28.9 Å². The molecule has 0 spiro atoms. The van der Waals surface area contributed by atoms with Crippen molar-refractivity contribution >= 4 is 11.9 Å². The fourth-order valence-electron chi connectivity index (χ4n) is 9.54. The first-order valence-corrected chi connectivity index (χ1v) is 19.0. The van der Waals surface area contributed by atoms with Crippen LogP contribution in [0.2, 0.25) is 0 Å². The normalized spacial score (nSPS) is 19.0. The van der Waals surface area contributed by atoms with Crippen LogP contribution in [0.3, 0.4) is 0 Å². The number of carbonyl (C=O) groups excluding carboxylic acids is 2. The predicted octanol–water partition coefficient (Wildman–Crippen LogP) is 10.2. The van der Waals surface area contributed by atoms with E-state index in [1.807, 2.05) is 133 Å². The third-order valence-corrected chi connectivity index (χ3v) is 11.9. The van der Waals surface area contributed by atoms with Crippen LogP contribution in [0.5, 0.6) is 23.0 Å². The van der Waals surface area contributed by atoms with Crippen LogP contribution in [0.1, 0.15) is 56.8 Å². The van der Waals surface area contributed by atoms with E-state index in [1.54, 1.807) is 12.1 Å². The number of aliphatic hydroxyl groups is 1. The Bertz CT molecular complexity index is 2670. The van der Waals surface area contributed by atoms with Gasteiger partial charge in [0.15, 0.2) is 0 Å². The predicted molar refractivity (Wildman–Crippen MR) is 218 cm³/mol. The summed E-state index contributed by atoms with van der Waals surface area (Å²) >= 11 is 0. The molecule has 6 nitrogen and oxygen atoms in total. The van der Waals surface area contributed by atoms with Crippen LogP contribution >= 0.6 is 0 Å². The quantitative estimate of drug-likeness (QED) is 0.0948. The first kappa shape index (κ1) is 34.5. The van der Waals surface area contributed by atoms with Crippen molar-refractivity contribution in [2.45, 2.75) is 23.4 Å². The third-order valence-electron chi connectivity index (χ3n) is 11.9. The van der Waals surface area contributed by atoms with E-state index in [9.17, 15) is 14.7 Å². The average molecular weight is 745 g/mol. The molecule has 0 aromatic heterocycles. The summed E-state index contributed by atoms with van der Waals surface area (Å²) in [6.45, 7) is 3.51. The topological polar surface area (TPSA) is 82.1 Å². The minimum atomic E-state index is -1.59. The Morgan fingerprint density at radius 3 is 1.72 bits per heavy atom. The van der Waals surface area contributed by atoms with E-state index in [0.29, 0.717) is 29.2 Å². The largest absolute Gasteiger partial charge is 0.457 e. The molecule has 0 aliphatic heterocycles. The highest BCUT2D eigenvalue weighted by Gasteiger charge is 2.57. The van der Waals surface area contributed by atoms with Crippen molar-refractivity contribution in [1.29, 1.82) is 0 Å². The van der Waals surface area contributed by atoms with Crippen LogP contribution in [0.4, 0.5) is 0 Å². The summed E-state index contributed by atoms with van der Waals surface area (Å²) in [5.41, 5.74) is 7.52. The Balaban J connectivity index is 0.998. The molecule has 0 radical (unpaired) electrons. The molecule has 57 heavy (non-hydrogen) atoms. The lowest BCUT2D eigenvalue weighted by molar-refractivity contribution is -0.150. The van der Waals surface area contributed by atoms with Crippen molar-refractivity contribution in [2.24, 2.45) is 5.92 Å². The summed E-state index contributed by atoms with van der Waals surface area (Å²) in [6.07, 6.45) is 1.53. The van der Waals surface area contributed by atoms with Crippen molar-refractivity contribution in [2.75, 3.05) is 0 Å². The number of hydrogen-bond donors (Lipinski definition) is 1. The second-order valence-corrected chi connectivity index (χ2v) is 14.8. The lowest BCUT2D eigenvalue weighted by atomic mass is 9.56. The van der Waals surface area contributed by atoms with Crippen molar-refractivity contribution in [3.8, 4) is 34.1 Å². The van der Waals surface area contributed by atoms with Crippen LogP contribution in [0.15, 0.2) is 183 Å².